The summed E-state index contributed by atoms with van der Waals surface area (Å²) in [6.45, 7) is 10.9. The third-order valence-corrected chi connectivity index (χ3v) is 4.26. The Morgan fingerprint density at radius 1 is 1.40 bits per heavy atom. The van der Waals surface area contributed by atoms with Gasteiger partial charge < -0.3 is 9.22 Å². The Balaban J connectivity index is 2.91. The Labute approximate surface area is 95.1 Å². The molecule has 2 unspecified atom stereocenters. The van der Waals surface area contributed by atoms with Gasteiger partial charge in [-0.1, -0.05) is 20.8 Å². The molecule has 0 heterocycles. The second kappa shape index (κ2) is 4.38. The molecule has 0 radical (unpaired) electrons. The first-order chi connectivity index (χ1) is 6.82. The molecule has 88 valence electrons. The highest BCUT2D eigenvalue weighted by Crippen LogP contribution is 2.47. The quantitative estimate of drug-likeness (QED) is 0.548. The first-order valence-electron chi connectivity index (χ1n) is 5.96. The molecule has 1 rings (SSSR count). The molecule has 2 nitrogen and oxygen atoms in total. The molecule has 0 aromatic carbocycles. The van der Waals surface area contributed by atoms with Gasteiger partial charge in [-0.2, -0.15) is 0 Å². The highest BCUT2D eigenvalue weighted by atomic mass is 28.3. The topological polar surface area (TPSA) is 26.3 Å². The van der Waals surface area contributed by atoms with Crippen LogP contribution in [0.25, 0.3) is 0 Å². The van der Waals surface area contributed by atoms with Gasteiger partial charge in [-0.25, -0.2) is 0 Å². The zero-order chi connectivity index (χ0) is 11.7. The molecule has 0 amide bonds. The maximum absolute atomic E-state index is 11.4. The predicted molar refractivity (Wildman–Crippen MR) is 65.6 cm³/mol. The van der Waals surface area contributed by atoms with Crippen molar-refractivity contribution in [3.05, 3.63) is 0 Å². The monoisotopic (exact) mass is 228 g/mol. The molecule has 0 saturated heterocycles. The Morgan fingerprint density at radius 2 is 2.00 bits per heavy atom. The molecule has 1 aliphatic rings. The first-order valence-corrected chi connectivity index (χ1v) is 8.74. The third-order valence-electron chi connectivity index (χ3n) is 3.35. The fourth-order valence-electron chi connectivity index (χ4n) is 2.92. The van der Waals surface area contributed by atoms with E-state index < -0.39 is 14.6 Å². The molecular formula is C12H24O2Si. The summed E-state index contributed by atoms with van der Waals surface area (Å²) in [5, 5.41) is 0. The summed E-state index contributed by atoms with van der Waals surface area (Å²) >= 11 is 0. The van der Waals surface area contributed by atoms with Crippen molar-refractivity contribution in [2.45, 2.75) is 58.7 Å². The molecule has 3 heteroatoms. The second-order valence-corrected chi connectivity index (χ2v) is 8.38. The summed E-state index contributed by atoms with van der Waals surface area (Å²) in [5.74, 6) is 0.386. The van der Waals surface area contributed by atoms with Gasteiger partial charge in [0, 0.05) is 0 Å². The summed E-state index contributed by atoms with van der Waals surface area (Å²) in [6, 6.07) is 0. The lowest BCUT2D eigenvalue weighted by Gasteiger charge is -2.40. The fraction of sp³-hybridized carbons (Fsp3) is 0.917. The molecule has 0 N–H and O–H groups in total. The second-order valence-electron chi connectivity index (χ2n) is 6.05. The van der Waals surface area contributed by atoms with E-state index in [-0.39, 0.29) is 5.41 Å². The standard InChI is InChI=1S/C12H24O2Si/c1-11(2,3)10-7-6-8-12(10,9-13)14-15(4)5/h9-10,15H,6-8H2,1-5H3. The van der Waals surface area contributed by atoms with Crippen LogP contribution in [0.4, 0.5) is 0 Å². The normalized spacial score (nSPS) is 32.3. The molecule has 0 aromatic rings. The van der Waals surface area contributed by atoms with E-state index in [4.69, 9.17) is 4.43 Å². The Bertz CT molecular complexity index is 232. The van der Waals surface area contributed by atoms with Gasteiger partial charge >= 0.3 is 0 Å². The summed E-state index contributed by atoms with van der Waals surface area (Å²) in [7, 11) is -1.15. The smallest absolute Gasteiger partial charge is 0.172 e. The van der Waals surface area contributed by atoms with Crippen LogP contribution in [0.15, 0.2) is 0 Å². The van der Waals surface area contributed by atoms with Crippen molar-refractivity contribution in [1.29, 1.82) is 0 Å². The number of hydrogen-bond donors (Lipinski definition) is 0. The molecule has 1 fully saturated rings. The van der Waals surface area contributed by atoms with E-state index >= 15 is 0 Å². The number of aldehydes is 1. The molecule has 0 bridgehead atoms. The highest BCUT2D eigenvalue weighted by molar-refractivity contribution is 6.48. The first kappa shape index (κ1) is 12.9. The number of hydrogen-bond acceptors (Lipinski definition) is 2. The Kier molecular flexibility index (Phi) is 3.77. The van der Waals surface area contributed by atoms with Crippen LogP contribution in [-0.2, 0) is 9.22 Å². The van der Waals surface area contributed by atoms with Crippen LogP contribution in [-0.4, -0.2) is 20.9 Å². The van der Waals surface area contributed by atoms with E-state index in [2.05, 4.69) is 33.9 Å². The summed E-state index contributed by atoms with van der Waals surface area (Å²) < 4.78 is 6.06. The van der Waals surface area contributed by atoms with E-state index in [9.17, 15) is 4.79 Å². The molecular weight excluding hydrogens is 204 g/mol. The number of carbonyl (C=O) groups is 1. The van der Waals surface area contributed by atoms with Crippen molar-refractivity contribution >= 4 is 15.3 Å². The van der Waals surface area contributed by atoms with Crippen LogP contribution >= 0.6 is 0 Å². The van der Waals surface area contributed by atoms with Crippen LogP contribution in [0.1, 0.15) is 40.0 Å². The average molecular weight is 228 g/mol. The van der Waals surface area contributed by atoms with Gasteiger partial charge in [0.1, 0.15) is 5.60 Å². The van der Waals surface area contributed by atoms with Gasteiger partial charge in [0.2, 0.25) is 0 Å². The zero-order valence-electron chi connectivity index (χ0n) is 10.7. The third kappa shape index (κ3) is 2.70. The summed E-state index contributed by atoms with van der Waals surface area (Å²) in [5.41, 5.74) is -0.292. The Morgan fingerprint density at radius 3 is 2.40 bits per heavy atom. The predicted octanol–water partition coefficient (Wildman–Crippen LogP) is 2.77. The van der Waals surface area contributed by atoms with Gasteiger partial charge in [0.05, 0.1) is 0 Å². The van der Waals surface area contributed by atoms with Gasteiger partial charge in [-0.3, -0.25) is 0 Å². The summed E-state index contributed by atoms with van der Waals surface area (Å²) in [4.78, 5) is 11.4. The molecule has 0 aromatic heterocycles. The van der Waals surface area contributed by atoms with Crippen molar-refractivity contribution in [3.63, 3.8) is 0 Å². The fourth-order valence-corrected chi connectivity index (χ4v) is 4.13. The zero-order valence-corrected chi connectivity index (χ0v) is 11.8. The largest absolute Gasteiger partial charge is 0.408 e. The van der Waals surface area contributed by atoms with E-state index in [0.29, 0.717) is 5.92 Å². The van der Waals surface area contributed by atoms with Crippen LogP contribution in [0.3, 0.4) is 0 Å². The lowest BCUT2D eigenvalue weighted by Crippen LogP contribution is -2.46. The van der Waals surface area contributed by atoms with Gasteiger partial charge in [-0.05, 0) is 43.7 Å². The maximum atomic E-state index is 11.4. The maximum Gasteiger partial charge on any atom is 0.172 e. The molecule has 1 saturated carbocycles. The van der Waals surface area contributed by atoms with Crippen molar-refractivity contribution in [1.82, 2.24) is 0 Å². The number of rotatable bonds is 3. The van der Waals surface area contributed by atoms with Crippen LogP contribution in [0.2, 0.25) is 13.1 Å². The average Bonchev–Trinajstić information content (AvgIpc) is 2.47. The van der Waals surface area contributed by atoms with Crippen LogP contribution in [0.5, 0.6) is 0 Å². The molecule has 0 aliphatic heterocycles. The van der Waals surface area contributed by atoms with Crippen molar-refractivity contribution in [3.8, 4) is 0 Å². The van der Waals surface area contributed by atoms with E-state index in [0.717, 1.165) is 25.5 Å². The lowest BCUT2D eigenvalue weighted by molar-refractivity contribution is -0.128. The number of carbonyl (C=O) groups excluding carboxylic acids is 1. The summed E-state index contributed by atoms with van der Waals surface area (Å²) in [6.07, 6.45) is 4.26. The SMILES string of the molecule is C[SiH](C)OC1(C=O)CCCC1C(C)(C)C. The molecule has 2 atom stereocenters. The van der Waals surface area contributed by atoms with Gasteiger partial charge in [-0.15, -0.1) is 0 Å². The highest BCUT2D eigenvalue weighted by Gasteiger charge is 2.49. The van der Waals surface area contributed by atoms with Crippen molar-refractivity contribution in [2.24, 2.45) is 11.3 Å². The van der Waals surface area contributed by atoms with Gasteiger partial charge in [0.25, 0.3) is 0 Å². The minimum Gasteiger partial charge on any atom is -0.408 e. The molecule has 1 aliphatic carbocycles. The minimum atomic E-state index is -1.15. The molecule has 0 spiro atoms. The van der Waals surface area contributed by atoms with Crippen molar-refractivity contribution < 1.29 is 9.22 Å². The minimum absolute atomic E-state index is 0.167. The lowest BCUT2D eigenvalue weighted by atomic mass is 9.73. The van der Waals surface area contributed by atoms with Crippen molar-refractivity contribution in [2.75, 3.05) is 0 Å². The Hall–Kier alpha value is -0.153. The van der Waals surface area contributed by atoms with E-state index in [1.807, 2.05) is 0 Å². The van der Waals surface area contributed by atoms with E-state index in [1.165, 1.54) is 0 Å². The molecule has 15 heavy (non-hydrogen) atoms. The van der Waals surface area contributed by atoms with Gasteiger partial charge in [0.15, 0.2) is 15.3 Å². The van der Waals surface area contributed by atoms with Crippen LogP contribution in [0, 0.1) is 11.3 Å². The van der Waals surface area contributed by atoms with E-state index in [1.54, 1.807) is 0 Å². The van der Waals surface area contributed by atoms with Crippen LogP contribution < -0.4 is 0 Å².